The van der Waals surface area contributed by atoms with Crippen LogP contribution in [0.25, 0.3) is 0 Å². The van der Waals surface area contributed by atoms with Crippen molar-refractivity contribution in [2.45, 2.75) is 12.8 Å². The molecular formula is C12H15Cl2NO. The van der Waals surface area contributed by atoms with Crippen molar-refractivity contribution in [2.75, 3.05) is 25.1 Å². The molecule has 1 aliphatic rings. The Hall–Kier alpha value is -0.440. The summed E-state index contributed by atoms with van der Waals surface area (Å²) in [5, 5.41) is 4.54. The second-order valence-electron chi connectivity index (χ2n) is 4.09. The minimum Gasteiger partial charge on any atom is -0.385 e. The third kappa shape index (κ3) is 3.27. The zero-order valence-corrected chi connectivity index (χ0v) is 10.5. The van der Waals surface area contributed by atoms with Gasteiger partial charge in [0.05, 0.1) is 16.7 Å². The lowest BCUT2D eigenvalue weighted by Crippen LogP contribution is -2.24. The van der Waals surface area contributed by atoms with Gasteiger partial charge in [0.1, 0.15) is 0 Å². The number of hydrogen-bond acceptors (Lipinski definition) is 2. The number of benzene rings is 1. The normalized spacial score (nSPS) is 20.8. The maximum absolute atomic E-state index is 5.94. The number of halogens is 2. The summed E-state index contributed by atoms with van der Waals surface area (Å²) < 4.78 is 5.43. The van der Waals surface area contributed by atoms with Gasteiger partial charge in [0, 0.05) is 18.8 Å². The molecule has 0 aliphatic carbocycles. The molecule has 1 aromatic carbocycles. The summed E-state index contributed by atoms with van der Waals surface area (Å²) in [6.07, 6.45) is 2.39. The van der Waals surface area contributed by atoms with Crippen molar-refractivity contribution in [2.24, 2.45) is 5.92 Å². The molecule has 4 heteroatoms. The second kappa shape index (κ2) is 5.76. The first-order valence-corrected chi connectivity index (χ1v) is 6.28. The van der Waals surface area contributed by atoms with E-state index in [1.54, 1.807) is 0 Å². The first-order valence-electron chi connectivity index (χ1n) is 5.52. The summed E-state index contributed by atoms with van der Waals surface area (Å²) in [6, 6.07) is 5.61. The number of ether oxygens (including phenoxy) is 1. The van der Waals surface area contributed by atoms with Crippen LogP contribution in [-0.2, 0) is 4.74 Å². The smallest absolute Gasteiger partial charge is 0.0612 e. The van der Waals surface area contributed by atoms with Crippen molar-refractivity contribution in [1.29, 1.82) is 0 Å². The van der Waals surface area contributed by atoms with E-state index < -0.39 is 0 Å². The number of rotatable bonds is 3. The predicted molar refractivity (Wildman–Crippen MR) is 68.5 cm³/mol. The Labute approximate surface area is 106 Å². The van der Waals surface area contributed by atoms with Crippen LogP contribution in [0.4, 0.5) is 5.69 Å². The Morgan fingerprint density at radius 1 is 1.31 bits per heavy atom. The monoisotopic (exact) mass is 259 g/mol. The molecule has 0 spiro atoms. The van der Waals surface area contributed by atoms with Crippen LogP contribution in [0.1, 0.15) is 12.8 Å². The van der Waals surface area contributed by atoms with E-state index in [4.69, 9.17) is 27.9 Å². The molecule has 0 bridgehead atoms. The maximum atomic E-state index is 5.94. The first kappa shape index (κ1) is 12.0. The van der Waals surface area contributed by atoms with E-state index in [0.717, 1.165) is 31.9 Å². The number of hydrogen-bond donors (Lipinski definition) is 1. The van der Waals surface area contributed by atoms with Gasteiger partial charge in [-0.25, -0.2) is 0 Å². The number of anilines is 1. The van der Waals surface area contributed by atoms with Gasteiger partial charge in [0.25, 0.3) is 0 Å². The molecule has 1 aromatic rings. The Morgan fingerprint density at radius 3 is 2.88 bits per heavy atom. The van der Waals surface area contributed by atoms with E-state index >= 15 is 0 Å². The summed E-state index contributed by atoms with van der Waals surface area (Å²) in [5.41, 5.74) is 1.01. The fraction of sp³-hybridized carbons (Fsp3) is 0.500. The molecule has 2 rings (SSSR count). The van der Waals surface area contributed by atoms with Gasteiger partial charge in [-0.15, -0.1) is 0 Å². The second-order valence-corrected chi connectivity index (χ2v) is 4.91. The standard InChI is InChI=1S/C12H15Cl2NO/c13-11-4-3-10(6-12(11)14)15-7-9-2-1-5-16-8-9/h3-4,6,9,15H,1-2,5,7-8H2. The molecule has 1 N–H and O–H groups in total. The van der Waals surface area contributed by atoms with Gasteiger partial charge in [-0.2, -0.15) is 0 Å². The van der Waals surface area contributed by atoms with Crippen molar-refractivity contribution in [3.63, 3.8) is 0 Å². The van der Waals surface area contributed by atoms with E-state index in [-0.39, 0.29) is 0 Å². The highest BCUT2D eigenvalue weighted by atomic mass is 35.5. The summed E-state index contributed by atoms with van der Waals surface area (Å²) in [5.74, 6) is 0.600. The highest BCUT2D eigenvalue weighted by molar-refractivity contribution is 6.42. The molecule has 1 atom stereocenters. The average Bonchev–Trinajstić information content (AvgIpc) is 2.32. The molecule has 0 aromatic heterocycles. The molecular weight excluding hydrogens is 245 g/mol. The molecule has 1 saturated heterocycles. The largest absolute Gasteiger partial charge is 0.385 e. The van der Waals surface area contributed by atoms with Crippen LogP contribution in [0.3, 0.4) is 0 Å². The molecule has 0 saturated carbocycles. The molecule has 1 heterocycles. The Balaban J connectivity index is 1.86. The summed E-state index contributed by atoms with van der Waals surface area (Å²) >= 11 is 11.8. The lowest BCUT2D eigenvalue weighted by atomic mass is 10.0. The Morgan fingerprint density at radius 2 is 2.19 bits per heavy atom. The molecule has 1 aliphatic heterocycles. The molecule has 2 nitrogen and oxygen atoms in total. The predicted octanol–water partition coefficient (Wildman–Crippen LogP) is 3.83. The van der Waals surface area contributed by atoms with Gasteiger partial charge < -0.3 is 10.1 Å². The third-order valence-corrected chi connectivity index (χ3v) is 3.51. The van der Waals surface area contributed by atoms with Crippen LogP contribution in [-0.4, -0.2) is 19.8 Å². The lowest BCUT2D eigenvalue weighted by molar-refractivity contribution is 0.0595. The Kier molecular flexibility index (Phi) is 4.33. The van der Waals surface area contributed by atoms with Crippen LogP contribution in [0, 0.1) is 5.92 Å². The molecule has 16 heavy (non-hydrogen) atoms. The van der Waals surface area contributed by atoms with Gasteiger partial charge in [0.2, 0.25) is 0 Å². The summed E-state index contributed by atoms with van der Waals surface area (Å²) in [6.45, 7) is 2.69. The van der Waals surface area contributed by atoms with E-state index in [1.807, 2.05) is 18.2 Å². The molecule has 88 valence electrons. The van der Waals surface area contributed by atoms with Crippen molar-refractivity contribution in [3.8, 4) is 0 Å². The van der Waals surface area contributed by atoms with Gasteiger partial charge in [-0.1, -0.05) is 23.2 Å². The van der Waals surface area contributed by atoms with Gasteiger partial charge in [-0.3, -0.25) is 0 Å². The molecule has 1 unspecified atom stereocenters. The van der Waals surface area contributed by atoms with E-state index in [9.17, 15) is 0 Å². The van der Waals surface area contributed by atoms with Crippen LogP contribution in [0.2, 0.25) is 10.0 Å². The van der Waals surface area contributed by atoms with Crippen molar-refractivity contribution in [1.82, 2.24) is 0 Å². The zero-order chi connectivity index (χ0) is 11.4. The Bertz CT molecular complexity index is 351. The maximum Gasteiger partial charge on any atom is 0.0612 e. The molecule has 1 fully saturated rings. The van der Waals surface area contributed by atoms with Gasteiger partial charge >= 0.3 is 0 Å². The molecule has 0 radical (unpaired) electrons. The summed E-state index contributed by atoms with van der Waals surface area (Å²) in [4.78, 5) is 0. The van der Waals surface area contributed by atoms with Crippen molar-refractivity contribution < 1.29 is 4.74 Å². The topological polar surface area (TPSA) is 21.3 Å². The van der Waals surface area contributed by atoms with Crippen molar-refractivity contribution >= 4 is 28.9 Å². The summed E-state index contributed by atoms with van der Waals surface area (Å²) in [7, 11) is 0. The van der Waals surface area contributed by atoms with E-state index in [2.05, 4.69) is 5.32 Å². The first-order chi connectivity index (χ1) is 7.75. The number of nitrogens with one attached hydrogen (secondary N) is 1. The quantitative estimate of drug-likeness (QED) is 0.891. The van der Waals surface area contributed by atoms with Crippen LogP contribution in [0.15, 0.2) is 18.2 Å². The zero-order valence-electron chi connectivity index (χ0n) is 9.01. The van der Waals surface area contributed by atoms with Crippen molar-refractivity contribution in [3.05, 3.63) is 28.2 Å². The van der Waals surface area contributed by atoms with E-state index in [1.165, 1.54) is 6.42 Å². The van der Waals surface area contributed by atoms with Crippen LogP contribution in [0.5, 0.6) is 0 Å². The average molecular weight is 260 g/mol. The molecule has 0 amide bonds. The van der Waals surface area contributed by atoms with Gasteiger partial charge in [0.15, 0.2) is 0 Å². The minimum atomic E-state index is 0.589. The lowest BCUT2D eigenvalue weighted by Gasteiger charge is -2.22. The van der Waals surface area contributed by atoms with E-state index in [0.29, 0.717) is 16.0 Å². The highest BCUT2D eigenvalue weighted by Gasteiger charge is 2.13. The SMILES string of the molecule is Clc1ccc(NCC2CCCOC2)cc1Cl. The minimum absolute atomic E-state index is 0.589. The van der Waals surface area contributed by atoms with Gasteiger partial charge in [-0.05, 0) is 37.0 Å². The van der Waals surface area contributed by atoms with Crippen LogP contribution < -0.4 is 5.32 Å². The van der Waals surface area contributed by atoms with Crippen LogP contribution >= 0.6 is 23.2 Å². The highest BCUT2D eigenvalue weighted by Crippen LogP contribution is 2.25. The fourth-order valence-electron chi connectivity index (χ4n) is 1.84. The fourth-order valence-corrected chi connectivity index (χ4v) is 2.13. The third-order valence-electron chi connectivity index (χ3n) is 2.77.